The van der Waals surface area contributed by atoms with Crippen LogP contribution in [0.25, 0.3) is 22.6 Å². The van der Waals surface area contributed by atoms with Gasteiger partial charge in [-0.25, -0.2) is 4.98 Å². The van der Waals surface area contributed by atoms with E-state index in [9.17, 15) is 18.0 Å². The van der Waals surface area contributed by atoms with Gasteiger partial charge in [0.25, 0.3) is 5.91 Å². The predicted octanol–water partition coefficient (Wildman–Crippen LogP) is 4.33. The molecule has 188 valence electrons. The number of carbonyl (C=O) groups excluding carboxylic acids is 1. The number of alkyl halides is 3. The number of nitrogens with one attached hydrogen (secondary N) is 2. The number of hydrogen-bond donors (Lipinski definition) is 3. The van der Waals surface area contributed by atoms with Gasteiger partial charge in [-0.05, 0) is 31.2 Å². The Morgan fingerprint density at radius 2 is 1.97 bits per heavy atom. The molecule has 14 heteroatoms. The molecule has 0 aliphatic heterocycles. The lowest BCUT2D eigenvalue weighted by Crippen LogP contribution is -2.18. The first-order valence-corrected chi connectivity index (χ1v) is 11.4. The zero-order chi connectivity index (χ0) is 26.2. The number of amides is 1. The van der Waals surface area contributed by atoms with Crippen LogP contribution in [-0.2, 0) is 20.3 Å². The molecule has 3 aromatic heterocycles. The van der Waals surface area contributed by atoms with Crippen LogP contribution in [0.5, 0.6) is 0 Å². The number of aromatic nitrogens is 6. The number of hydrogen-bond acceptors (Lipinski definition) is 7. The standard InChI is InChI=1S/C22H21BrF3N9O/c1-4-28-16-8-11(19-12(9-30-35(19)3)20-33-29-10-34(20)2)7-15(31-16)21(36)32-14-6-5-13(23)17(18(14)27)22(24,25)26/h5-10H,4,27H2,1-3H3,(H,28,31)(H,32,36). The highest BCUT2D eigenvalue weighted by atomic mass is 79.9. The molecule has 1 aromatic carbocycles. The van der Waals surface area contributed by atoms with E-state index in [1.807, 2.05) is 6.92 Å². The minimum Gasteiger partial charge on any atom is -0.397 e. The van der Waals surface area contributed by atoms with Gasteiger partial charge in [-0.2, -0.15) is 18.3 Å². The molecule has 4 aromatic rings. The van der Waals surface area contributed by atoms with E-state index >= 15 is 0 Å². The van der Waals surface area contributed by atoms with Crippen molar-refractivity contribution in [3.63, 3.8) is 0 Å². The molecular weight excluding hydrogens is 543 g/mol. The summed E-state index contributed by atoms with van der Waals surface area (Å²) < 4.78 is 43.5. The minimum atomic E-state index is -4.71. The van der Waals surface area contributed by atoms with E-state index in [4.69, 9.17) is 5.73 Å². The molecule has 0 atom stereocenters. The van der Waals surface area contributed by atoms with E-state index in [0.29, 0.717) is 35.0 Å². The van der Waals surface area contributed by atoms with Crippen molar-refractivity contribution in [2.75, 3.05) is 22.9 Å². The maximum absolute atomic E-state index is 13.5. The number of halogens is 4. The lowest BCUT2D eigenvalue weighted by atomic mass is 10.1. The summed E-state index contributed by atoms with van der Waals surface area (Å²) in [6.07, 6.45) is -1.52. The van der Waals surface area contributed by atoms with Gasteiger partial charge >= 0.3 is 6.18 Å². The molecule has 0 aliphatic carbocycles. The Morgan fingerprint density at radius 1 is 1.22 bits per heavy atom. The van der Waals surface area contributed by atoms with Crippen LogP contribution in [-0.4, -0.2) is 42.0 Å². The van der Waals surface area contributed by atoms with E-state index in [1.165, 1.54) is 18.2 Å². The fourth-order valence-corrected chi connectivity index (χ4v) is 4.27. The third kappa shape index (κ3) is 4.76. The number of rotatable bonds is 6. The normalized spacial score (nSPS) is 11.5. The minimum absolute atomic E-state index is 0.0376. The smallest absolute Gasteiger partial charge is 0.397 e. The summed E-state index contributed by atoms with van der Waals surface area (Å²) >= 11 is 2.87. The number of nitrogens with zero attached hydrogens (tertiary/aromatic N) is 6. The van der Waals surface area contributed by atoms with Gasteiger partial charge in [-0.3, -0.25) is 9.48 Å². The number of carbonyl (C=O) groups is 1. The second kappa shape index (κ2) is 9.60. The molecule has 0 unspecified atom stereocenters. The van der Waals surface area contributed by atoms with Crippen LogP contribution in [0.3, 0.4) is 0 Å². The first-order chi connectivity index (χ1) is 17.0. The molecule has 36 heavy (non-hydrogen) atoms. The van der Waals surface area contributed by atoms with Gasteiger partial charge in [0, 0.05) is 30.7 Å². The Hall–Kier alpha value is -3.94. The van der Waals surface area contributed by atoms with Gasteiger partial charge in [0.15, 0.2) is 5.82 Å². The maximum Gasteiger partial charge on any atom is 0.419 e. The summed E-state index contributed by atoms with van der Waals surface area (Å²) in [5.74, 6) is 0.221. The highest BCUT2D eigenvalue weighted by molar-refractivity contribution is 9.10. The van der Waals surface area contributed by atoms with Crippen LogP contribution in [0, 0.1) is 0 Å². The molecular formula is C22H21BrF3N9O. The molecule has 0 fully saturated rings. The maximum atomic E-state index is 13.5. The van der Waals surface area contributed by atoms with Gasteiger partial charge in [0.05, 0.1) is 34.4 Å². The summed E-state index contributed by atoms with van der Waals surface area (Å²) in [6, 6.07) is 5.72. The Bertz CT molecular complexity index is 1450. The average molecular weight is 564 g/mol. The van der Waals surface area contributed by atoms with Crippen LogP contribution >= 0.6 is 15.9 Å². The summed E-state index contributed by atoms with van der Waals surface area (Å²) in [4.78, 5) is 17.5. The molecule has 4 rings (SSSR count). The van der Waals surface area contributed by atoms with Gasteiger partial charge < -0.3 is 20.9 Å². The fourth-order valence-electron chi connectivity index (χ4n) is 3.70. The van der Waals surface area contributed by atoms with Crippen molar-refractivity contribution in [3.05, 3.63) is 52.5 Å². The predicted molar refractivity (Wildman–Crippen MR) is 132 cm³/mol. The lowest BCUT2D eigenvalue weighted by molar-refractivity contribution is -0.137. The highest BCUT2D eigenvalue weighted by Crippen LogP contribution is 2.42. The van der Waals surface area contributed by atoms with Crippen molar-refractivity contribution < 1.29 is 18.0 Å². The number of nitrogen functional groups attached to an aromatic ring is 1. The summed E-state index contributed by atoms with van der Waals surface area (Å²) in [5.41, 5.74) is 5.76. The van der Waals surface area contributed by atoms with Crippen molar-refractivity contribution in [1.82, 2.24) is 29.5 Å². The molecule has 0 spiro atoms. The Labute approximate surface area is 211 Å². The largest absolute Gasteiger partial charge is 0.419 e. The molecule has 4 N–H and O–H groups in total. The fraction of sp³-hybridized carbons (Fsp3) is 0.227. The molecule has 0 aliphatic rings. The van der Waals surface area contributed by atoms with Gasteiger partial charge in [0.2, 0.25) is 0 Å². The van der Waals surface area contributed by atoms with Crippen LogP contribution < -0.4 is 16.4 Å². The molecule has 3 heterocycles. The monoisotopic (exact) mass is 563 g/mol. The Balaban J connectivity index is 1.78. The molecule has 0 radical (unpaired) electrons. The highest BCUT2D eigenvalue weighted by Gasteiger charge is 2.36. The van der Waals surface area contributed by atoms with Gasteiger partial charge in [0.1, 0.15) is 17.8 Å². The molecule has 10 nitrogen and oxygen atoms in total. The van der Waals surface area contributed by atoms with E-state index < -0.39 is 23.3 Å². The Morgan fingerprint density at radius 3 is 2.61 bits per heavy atom. The molecule has 1 amide bonds. The first-order valence-electron chi connectivity index (χ1n) is 10.6. The van der Waals surface area contributed by atoms with E-state index in [0.717, 1.165) is 0 Å². The average Bonchev–Trinajstić information content (AvgIpc) is 3.39. The lowest BCUT2D eigenvalue weighted by Gasteiger charge is -2.16. The van der Waals surface area contributed by atoms with Crippen LogP contribution in [0.2, 0.25) is 0 Å². The summed E-state index contributed by atoms with van der Waals surface area (Å²) in [5, 5.41) is 17.9. The van der Waals surface area contributed by atoms with Gasteiger partial charge in [-0.1, -0.05) is 15.9 Å². The van der Waals surface area contributed by atoms with Crippen molar-refractivity contribution in [3.8, 4) is 22.6 Å². The number of nitrogens with two attached hydrogens (primary N) is 1. The molecule has 0 bridgehead atoms. The third-order valence-corrected chi connectivity index (χ3v) is 5.97. The summed E-state index contributed by atoms with van der Waals surface area (Å²) in [7, 11) is 3.53. The van der Waals surface area contributed by atoms with Gasteiger partial charge in [-0.15, -0.1) is 10.2 Å². The van der Waals surface area contributed by atoms with E-state index in [2.05, 4.69) is 46.8 Å². The molecule has 0 saturated heterocycles. The van der Waals surface area contributed by atoms with Crippen molar-refractivity contribution >= 4 is 39.0 Å². The zero-order valence-corrected chi connectivity index (χ0v) is 20.9. The zero-order valence-electron chi connectivity index (χ0n) is 19.4. The van der Waals surface area contributed by atoms with Crippen LogP contribution in [0.1, 0.15) is 23.0 Å². The van der Waals surface area contributed by atoms with Crippen LogP contribution in [0.4, 0.5) is 30.4 Å². The Kier molecular flexibility index (Phi) is 6.71. The second-order valence-corrected chi connectivity index (χ2v) is 8.64. The van der Waals surface area contributed by atoms with E-state index in [-0.39, 0.29) is 15.9 Å². The van der Waals surface area contributed by atoms with Crippen LogP contribution in [0.15, 0.2) is 41.3 Å². The quantitative estimate of drug-likeness (QED) is 0.298. The number of aryl methyl sites for hydroxylation is 2. The molecule has 0 saturated carbocycles. The topological polar surface area (TPSA) is 129 Å². The van der Waals surface area contributed by atoms with Crippen molar-refractivity contribution in [2.45, 2.75) is 13.1 Å². The van der Waals surface area contributed by atoms with Crippen molar-refractivity contribution in [1.29, 1.82) is 0 Å². The first kappa shape index (κ1) is 25.2. The summed E-state index contributed by atoms with van der Waals surface area (Å²) in [6.45, 7) is 2.39. The third-order valence-electron chi connectivity index (χ3n) is 5.31. The number of anilines is 3. The number of benzene rings is 1. The number of pyridine rings is 1. The SMILES string of the molecule is CCNc1cc(-c2c(-c3nncn3C)cnn2C)cc(C(=O)Nc2ccc(Br)c(C(F)(F)F)c2N)n1. The second-order valence-electron chi connectivity index (χ2n) is 7.79. The van der Waals surface area contributed by atoms with E-state index in [1.54, 1.807) is 41.9 Å². The van der Waals surface area contributed by atoms with Crippen molar-refractivity contribution in [2.24, 2.45) is 14.1 Å².